The van der Waals surface area contributed by atoms with Gasteiger partial charge in [0.2, 0.25) is 0 Å². The van der Waals surface area contributed by atoms with Gasteiger partial charge in [-0.1, -0.05) is 11.6 Å². The summed E-state index contributed by atoms with van der Waals surface area (Å²) < 4.78 is 18.0. The summed E-state index contributed by atoms with van der Waals surface area (Å²) in [5.74, 6) is -1.16. The highest BCUT2D eigenvalue weighted by Crippen LogP contribution is 2.15. The summed E-state index contributed by atoms with van der Waals surface area (Å²) in [6.45, 7) is 0.0564. The van der Waals surface area contributed by atoms with Gasteiger partial charge in [0.25, 0.3) is 0 Å². The molecule has 0 fully saturated rings. The lowest BCUT2D eigenvalue weighted by Crippen LogP contribution is -2.35. The van der Waals surface area contributed by atoms with Gasteiger partial charge in [0, 0.05) is 12.1 Å². The first-order valence-electron chi connectivity index (χ1n) is 4.30. The van der Waals surface area contributed by atoms with Crippen LogP contribution in [0.4, 0.5) is 4.39 Å². The second-order valence-electron chi connectivity index (χ2n) is 3.05. The van der Waals surface area contributed by atoms with Crippen molar-refractivity contribution in [3.05, 3.63) is 34.6 Å². The van der Waals surface area contributed by atoms with Gasteiger partial charge >= 0.3 is 0 Å². The van der Waals surface area contributed by atoms with Crippen LogP contribution in [0, 0.1) is 5.82 Å². The van der Waals surface area contributed by atoms with Gasteiger partial charge in [0.05, 0.1) is 18.2 Å². The Labute approximate surface area is 92.0 Å². The summed E-state index contributed by atoms with van der Waals surface area (Å²) in [7, 11) is 1.42. The van der Waals surface area contributed by atoms with Crippen molar-refractivity contribution in [2.24, 2.45) is 5.73 Å². The third-order valence-corrected chi connectivity index (χ3v) is 2.11. The smallest absolute Gasteiger partial charge is 0.184 e. The van der Waals surface area contributed by atoms with E-state index in [0.717, 1.165) is 6.07 Å². The zero-order valence-corrected chi connectivity index (χ0v) is 8.92. The maximum atomic E-state index is 13.3. The van der Waals surface area contributed by atoms with Crippen LogP contribution in [-0.4, -0.2) is 25.5 Å². The van der Waals surface area contributed by atoms with E-state index in [-0.39, 0.29) is 17.2 Å². The van der Waals surface area contributed by atoms with Gasteiger partial charge in [-0.3, -0.25) is 4.79 Å². The van der Waals surface area contributed by atoms with Gasteiger partial charge in [-0.2, -0.15) is 0 Å². The molecule has 1 aromatic rings. The van der Waals surface area contributed by atoms with Crippen molar-refractivity contribution >= 4 is 17.4 Å². The normalized spacial score (nSPS) is 12.5. The van der Waals surface area contributed by atoms with Gasteiger partial charge in [0.15, 0.2) is 5.78 Å². The fraction of sp³-hybridized carbons (Fsp3) is 0.300. The third-order valence-electron chi connectivity index (χ3n) is 1.88. The number of Topliss-reactive ketones (excluding diaryl/α,β-unsaturated/α-hetero) is 1. The van der Waals surface area contributed by atoms with Gasteiger partial charge in [-0.25, -0.2) is 4.39 Å². The largest absolute Gasteiger partial charge is 0.383 e. The molecule has 1 rings (SSSR count). The fourth-order valence-electron chi connectivity index (χ4n) is 1.14. The molecule has 0 saturated carbocycles. The Morgan fingerprint density at radius 2 is 2.33 bits per heavy atom. The fourth-order valence-corrected chi connectivity index (χ4v) is 1.30. The Morgan fingerprint density at radius 1 is 1.67 bits per heavy atom. The number of rotatable bonds is 4. The van der Waals surface area contributed by atoms with E-state index in [2.05, 4.69) is 0 Å². The predicted octanol–water partition coefficient (Wildman–Crippen LogP) is 1.64. The maximum Gasteiger partial charge on any atom is 0.184 e. The molecule has 0 aromatic heterocycles. The lowest BCUT2D eigenvalue weighted by Gasteiger charge is -2.09. The van der Waals surface area contributed by atoms with Crippen LogP contribution in [0.25, 0.3) is 0 Å². The Balaban J connectivity index is 2.91. The van der Waals surface area contributed by atoms with E-state index in [1.807, 2.05) is 0 Å². The number of hydrogen-bond acceptors (Lipinski definition) is 3. The number of hydrogen-bond donors (Lipinski definition) is 1. The Kier molecular flexibility index (Phi) is 4.20. The molecule has 3 nitrogen and oxygen atoms in total. The molecule has 0 bridgehead atoms. The summed E-state index contributed by atoms with van der Waals surface area (Å²) in [6.07, 6.45) is 0. The maximum absolute atomic E-state index is 13.3. The molecule has 0 heterocycles. The Bertz CT molecular complexity index is 370. The third kappa shape index (κ3) is 2.99. The average Bonchev–Trinajstić information content (AvgIpc) is 2.17. The van der Waals surface area contributed by atoms with Crippen LogP contribution < -0.4 is 5.73 Å². The molecule has 0 aliphatic carbocycles. The molecular formula is C10H11ClFNO2. The Morgan fingerprint density at radius 3 is 2.87 bits per heavy atom. The Hall–Kier alpha value is -0.970. The van der Waals surface area contributed by atoms with Crippen molar-refractivity contribution < 1.29 is 13.9 Å². The molecule has 0 amide bonds. The first-order chi connectivity index (χ1) is 7.06. The van der Waals surface area contributed by atoms with Gasteiger partial charge < -0.3 is 10.5 Å². The average molecular weight is 232 g/mol. The second kappa shape index (κ2) is 5.21. The van der Waals surface area contributed by atoms with Crippen molar-refractivity contribution in [3.63, 3.8) is 0 Å². The highest BCUT2D eigenvalue weighted by molar-refractivity contribution is 6.30. The highest BCUT2D eigenvalue weighted by Gasteiger charge is 2.19. The number of carbonyl (C=O) groups is 1. The number of methoxy groups -OCH3 is 1. The molecule has 82 valence electrons. The van der Waals surface area contributed by atoms with Crippen LogP contribution in [-0.2, 0) is 4.74 Å². The monoisotopic (exact) mass is 231 g/mol. The van der Waals surface area contributed by atoms with Crippen molar-refractivity contribution in [1.29, 1.82) is 0 Å². The summed E-state index contributed by atoms with van der Waals surface area (Å²) in [5.41, 5.74) is 5.43. The van der Waals surface area contributed by atoms with E-state index in [1.54, 1.807) is 0 Å². The van der Waals surface area contributed by atoms with E-state index >= 15 is 0 Å². The minimum atomic E-state index is -0.856. The standard InChI is InChI=1S/C10H11ClFNO2/c1-15-5-9(13)10(14)7-3-2-6(11)4-8(7)12/h2-4,9H,5,13H2,1H3. The van der Waals surface area contributed by atoms with Crippen molar-refractivity contribution in [2.75, 3.05) is 13.7 Å². The number of ether oxygens (including phenoxy) is 1. The van der Waals surface area contributed by atoms with Crippen molar-refractivity contribution in [3.8, 4) is 0 Å². The van der Waals surface area contributed by atoms with E-state index in [9.17, 15) is 9.18 Å². The molecule has 2 N–H and O–H groups in total. The van der Waals surface area contributed by atoms with Crippen LogP contribution in [0.15, 0.2) is 18.2 Å². The minimum absolute atomic E-state index is 0.0564. The summed E-state index contributed by atoms with van der Waals surface area (Å²) in [5, 5.41) is 0.240. The molecular weight excluding hydrogens is 221 g/mol. The second-order valence-corrected chi connectivity index (χ2v) is 3.49. The van der Waals surface area contributed by atoms with E-state index in [0.29, 0.717) is 0 Å². The predicted molar refractivity (Wildman–Crippen MR) is 55.6 cm³/mol. The van der Waals surface area contributed by atoms with E-state index < -0.39 is 17.6 Å². The van der Waals surface area contributed by atoms with Crippen LogP contribution >= 0.6 is 11.6 Å². The number of carbonyl (C=O) groups excluding carboxylic acids is 1. The molecule has 0 aliphatic heterocycles. The van der Waals surface area contributed by atoms with Crippen molar-refractivity contribution in [1.82, 2.24) is 0 Å². The minimum Gasteiger partial charge on any atom is -0.383 e. The van der Waals surface area contributed by atoms with Gasteiger partial charge in [-0.15, -0.1) is 0 Å². The SMILES string of the molecule is COCC(N)C(=O)c1ccc(Cl)cc1F. The van der Waals surface area contributed by atoms with Crippen LogP contribution in [0.2, 0.25) is 5.02 Å². The molecule has 0 saturated heterocycles. The van der Waals surface area contributed by atoms with Gasteiger partial charge in [0.1, 0.15) is 5.82 Å². The number of nitrogens with two attached hydrogens (primary N) is 1. The van der Waals surface area contributed by atoms with Gasteiger partial charge in [-0.05, 0) is 18.2 Å². The van der Waals surface area contributed by atoms with Crippen LogP contribution in [0.3, 0.4) is 0 Å². The van der Waals surface area contributed by atoms with Crippen molar-refractivity contribution in [2.45, 2.75) is 6.04 Å². The lowest BCUT2D eigenvalue weighted by atomic mass is 10.1. The summed E-state index contributed by atoms with van der Waals surface area (Å²) >= 11 is 5.56. The summed E-state index contributed by atoms with van der Waals surface area (Å²) in [6, 6.07) is 2.98. The van der Waals surface area contributed by atoms with E-state index in [1.165, 1.54) is 19.2 Å². The first kappa shape index (κ1) is 12.1. The lowest BCUT2D eigenvalue weighted by molar-refractivity contribution is 0.0888. The summed E-state index contributed by atoms with van der Waals surface area (Å²) in [4.78, 5) is 11.6. The number of halogens is 2. The molecule has 1 atom stereocenters. The topological polar surface area (TPSA) is 52.3 Å². The molecule has 15 heavy (non-hydrogen) atoms. The zero-order valence-electron chi connectivity index (χ0n) is 8.17. The molecule has 1 aromatic carbocycles. The number of benzene rings is 1. The molecule has 0 radical (unpaired) electrons. The van der Waals surface area contributed by atoms with Crippen LogP contribution in [0.5, 0.6) is 0 Å². The van der Waals surface area contributed by atoms with Crippen LogP contribution in [0.1, 0.15) is 10.4 Å². The van der Waals surface area contributed by atoms with E-state index in [4.69, 9.17) is 22.1 Å². The molecule has 0 spiro atoms. The molecule has 0 aliphatic rings. The first-order valence-corrected chi connectivity index (χ1v) is 4.68. The quantitative estimate of drug-likeness (QED) is 0.802. The highest BCUT2D eigenvalue weighted by atomic mass is 35.5. The number of ketones is 1. The molecule has 5 heteroatoms. The molecule has 1 unspecified atom stereocenters. The zero-order chi connectivity index (χ0) is 11.4.